The van der Waals surface area contributed by atoms with Gasteiger partial charge in [-0.05, 0) is 12.6 Å². The molecular formula is C13H16F2N2O3. The molecular weight excluding hydrogens is 270 g/mol. The molecule has 0 atom stereocenters. The lowest BCUT2D eigenvalue weighted by Gasteiger charge is -2.09. The fraction of sp³-hybridized carbons (Fsp3) is 0.385. The number of benzene rings is 1. The zero-order valence-electron chi connectivity index (χ0n) is 11.3. The molecule has 2 N–H and O–H groups in total. The van der Waals surface area contributed by atoms with Gasteiger partial charge in [0.25, 0.3) is 0 Å². The maximum atomic E-state index is 13.5. The van der Waals surface area contributed by atoms with Crippen LogP contribution in [0.25, 0.3) is 0 Å². The summed E-state index contributed by atoms with van der Waals surface area (Å²) in [5.74, 6) is -3.37. The Kier molecular flexibility index (Phi) is 6.05. The predicted molar refractivity (Wildman–Crippen MR) is 69.5 cm³/mol. The summed E-state index contributed by atoms with van der Waals surface area (Å²) < 4.78 is 31.3. The van der Waals surface area contributed by atoms with Gasteiger partial charge in [-0.15, -0.1) is 0 Å². The first-order chi connectivity index (χ1) is 9.49. The van der Waals surface area contributed by atoms with Crippen molar-refractivity contribution < 1.29 is 23.1 Å². The molecule has 0 heterocycles. The van der Waals surface area contributed by atoms with Crippen molar-refractivity contribution in [2.45, 2.75) is 13.3 Å². The van der Waals surface area contributed by atoms with Crippen molar-refractivity contribution >= 4 is 17.6 Å². The molecule has 20 heavy (non-hydrogen) atoms. The summed E-state index contributed by atoms with van der Waals surface area (Å²) in [7, 11) is 1.08. The number of nitrogens with one attached hydrogen (secondary N) is 2. The summed E-state index contributed by atoms with van der Waals surface area (Å²) >= 11 is 0. The van der Waals surface area contributed by atoms with Crippen LogP contribution in [0.5, 0.6) is 0 Å². The summed E-state index contributed by atoms with van der Waals surface area (Å²) in [6.07, 6.45) is 0.137. The highest BCUT2D eigenvalue weighted by Gasteiger charge is 2.17. The molecule has 0 radical (unpaired) electrons. The van der Waals surface area contributed by atoms with E-state index in [4.69, 9.17) is 0 Å². The van der Waals surface area contributed by atoms with Crippen molar-refractivity contribution in [2.75, 3.05) is 25.5 Å². The molecule has 5 nitrogen and oxygen atoms in total. The quantitative estimate of drug-likeness (QED) is 0.617. The van der Waals surface area contributed by atoms with E-state index >= 15 is 0 Å². The lowest BCUT2D eigenvalue weighted by Crippen LogP contribution is -2.22. The van der Waals surface area contributed by atoms with Crippen molar-refractivity contribution in [1.29, 1.82) is 0 Å². The molecule has 0 aliphatic carbocycles. The van der Waals surface area contributed by atoms with Crippen molar-refractivity contribution in [3.8, 4) is 0 Å². The molecule has 1 amide bonds. The number of carbonyl (C=O) groups excluding carboxylic acids is 2. The number of amides is 1. The molecule has 1 rings (SSSR count). The second-order valence-corrected chi connectivity index (χ2v) is 3.96. The van der Waals surface area contributed by atoms with E-state index in [-0.39, 0.29) is 12.1 Å². The number of carbonyl (C=O) groups is 2. The summed E-state index contributed by atoms with van der Waals surface area (Å²) in [6, 6.07) is 1.45. The van der Waals surface area contributed by atoms with Crippen LogP contribution in [0.3, 0.4) is 0 Å². The minimum absolute atomic E-state index is 0.137. The first kappa shape index (κ1) is 16.0. The average molecular weight is 286 g/mol. The van der Waals surface area contributed by atoms with Crippen LogP contribution in [0.15, 0.2) is 12.1 Å². The minimum Gasteiger partial charge on any atom is -0.465 e. The highest BCUT2D eigenvalue weighted by atomic mass is 19.1. The third-order valence-corrected chi connectivity index (χ3v) is 2.51. The SMILES string of the molecule is CCNCCC(=O)Nc1cc(C(=O)OC)c(F)cc1F. The van der Waals surface area contributed by atoms with E-state index in [0.29, 0.717) is 19.2 Å². The fourth-order valence-corrected chi connectivity index (χ4v) is 1.50. The van der Waals surface area contributed by atoms with Gasteiger partial charge in [0.15, 0.2) is 0 Å². The summed E-state index contributed by atoms with van der Waals surface area (Å²) in [5.41, 5.74) is -0.691. The van der Waals surface area contributed by atoms with Crippen LogP contribution in [-0.4, -0.2) is 32.1 Å². The van der Waals surface area contributed by atoms with Gasteiger partial charge < -0.3 is 15.4 Å². The normalized spacial score (nSPS) is 10.2. The molecule has 0 aliphatic rings. The van der Waals surface area contributed by atoms with Crippen molar-refractivity contribution in [1.82, 2.24) is 5.32 Å². The van der Waals surface area contributed by atoms with Crippen LogP contribution < -0.4 is 10.6 Å². The number of methoxy groups -OCH3 is 1. The van der Waals surface area contributed by atoms with Crippen molar-refractivity contribution in [2.24, 2.45) is 0 Å². The van der Waals surface area contributed by atoms with Gasteiger partial charge in [0.05, 0.1) is 18.4 Å². The molecule has 0 saturated heterocycles. The Morgan fingerprint density at radius 1 is 1.25 bits per heavy atom. The third-order valence-electron chi connectivity index (χ3n) is 2.51. The van der Waals surface area contributed by atoms with E-state index in [1.54, 1.807) is 0 Å². The lowest BCUT2D eigenvalue weighted by atomic mass is 10.1. The zero-order valence-corrected chi connectivity index (χ0v) is 11.3. The van der Waals surface area contributed by atoms with Gasteiger partial charge in [0.1, 0.15) is 11.6 Å². The Labute approximate surface area is 115 Å². The van der Waals surface area contributed by atoms with E-state index in [0.717, 1.165) is 13.2 Å². The molecule has 7 heteroatoms. The average Bonchev–Trinajstić information content (AvgIpc) is 2.41. The zero-order chi connectivity index (χ0) is 15.1. The molecule has 1 aromatic carbocycles. The number of hydrogen-bond donors (Lipinski definition) is 2. The van der Waals surface area contributed by atoms with Crippen molar-refractivity contribution in [3.05, 3.63) is 29.3 Å². The number of rotatable bonds is 6. The lowest BCUT2D eigenvalue weighted by molar-refractivity contribution is -0.116. The molecule has 1 aromatic rings. The standard InChI is InChI=1S/C13H16F2N2O3/c1-3-16-5-4-12(18)17-11-6-8(13(19)20-2)9(14)7-10(11)15/h6-7,16H,3-5H2,1-2H3,(H,17,18). The van der Waals surface area contributed by atoms with E-state index < -0.39 is 29.1 Å². The van der Waals surface area contributed by atoms with Crippen LogP contribution in [-0.2, 0) is 9.53 Å². The van der Waals surface area contributed by atoms with E-state index in [1.807, 2.05) is 6.92 Å². The van der Waals surface area contributed by atoms with Crippen LogP contribution in [0, 0.1) is 11.6 Å². The Hall–Kier alpha value is -2.02. The van der Waals surface area contributed by atoms with Crippen molar-refractivity contribution in [3.63, 3.8) is 0 Å². The van der Waals surface area contributed by atoms with Crippen LogP contribution in [0.2, 0.25) is 0 Å². The Bertz CT molecular complexity index is 507. The topological polar surface area (TPSA) is 67.4 Å². The molecule has 0 aromatic heterocycles. The fourth-order valence-electron chi connectivity index (χ4n) is 1.50. The van der Waals surface area contributed by atoms with Crippen LogP contribution in [0.4, 0.5) is 14.5 Å². The van der Waals surface area contributed by atoms with Crippen LogP contribution >= 0.6 is 0 Å². The summed E-state index contributed by atoms with van der Waals surface area (Å²) in [4.78, 5) is 22.8. The molecule has 0 bridgehead atoms. The molecule has 0 saturated carbocycles. The number of anilines is 1. The van der Waals surface area contributed by atoms with Gasteiger partial charge >= 0.3 is 5.97 Å². The Morgan fingerprint density at radius 3 is 2.55 bits per heavy atom. The van der Waals surface area contributed by atoms with Gasteiger partial charge in [-0.1, -0.05) is 6.92 Å². The number of ether oxygens (including phenoxy) is 1. The van der Waals surface area contributed by atoms with Gasteiger partial charge in [-0.2, -0.15) is 0 Å². The Balaban J connectivity index is 2.84. The van der Waals surface area contributed by atoms with E-state index in [1.165, 1.54) is 0 Å². The number of halogens is 2. The van der Waals surface area contributed by atoms with E-state index in [9.17, 15) is 18.4 Å². The maximum absolute atomic E-state index is 13.5. The highest BCUT2D eigenvalue weighted by Crippen LogP contribution is 2.20. The molecule has 110 valence electrons. The maximum Gasteiger partial charge on any atom is 0.340 e. The number of esters is 1. The highest BCUT2D eigenvalue weighted by molar-refractivity contribution is 5.94. The first-order valence-electron chi connectivity index (χ1n) is 6.07. The van der Waals surface area contributed by atoms with E-state index in [2.05, 4.69) is 15.4 Å². The van der Waals surface area contributed by atoms with Gasteiger partial charge in [-0.3, -0.25) is 4.79 Å². The van der Waals surface area contributed by atoms with Gasteiger partial charge in [0, 0.05) is 19.0 Å². The Morgan fingerprint density at radius 2 is 1.95 bits per heavy atom. The first-order valence-corrected chi connectivity index (χ1v) is 6.07. The molecule has 0 unspecified atom stereocenters. The second-order valence-electron chi connectivity index (χ2n) is 3.96. The second kappa shape index (κ2) is 7.54. The third kappa shape index (κ3) is 4.27. The molecule has 0 aliphatic heterocycles. The summed E-state index contributed by atoms with van der Waals surface area (Å²) in [5, 5.41) is 5.23. The smallest absolute Gasteiger partial charge is 0.340 e. The van der Waals surface area contributed by atoms with Gasteiger partial charge in [-0.25, -0.2) is 13.6 Å². The monoisotopic (exact) mass is 286 g/mol. The predicted octanol–water partition coefficient (Wildman–Crippen LogP) is 1.69. The summed E-state index contributed by atoms with van der Waals surface area (Å²) in [6.45, 7) is 3.04. The molecule has 0 spiro atoms. The number of hydrogen-bond acceptors (Lipinski definition) is 4. The van der Waals surface area contributed by atoms with Crippen LogP contribution in [0.1, 0.15) is 23.7 Å². The minimum atomic E-state index is -1.04. The van der Waals surface area contributed by atoms with Gasteiger partial charge in [0.2, 0.25) is 5.91 Å². The molecule has 0 fully saturated rings. The largest absolute Gasteiger partial charge is 0.465 e.